The van der Waals surface area contributed by atoms with Gasteiger partial charge in [-0.2, -0.15) is 5.10 Å². The minimum Gasteiger partial charge on any atom is -0.478 e. The molecule has 0 aliphatic carbocycles. The molecule has 2 heterocycles. The first-order valence-corrected chi connectivity index (χ1v) is 10.7. The average Bonchev–Trinajstić information content (AvgIpc) is 3.16. The van der Waals surface area contributed by atoms with Crippen molar-refractivity contribution in [1.82, 2.24) is 14.8 Å². The van der Waals surface area contributed by atoms with E-state index in [9.17, 15) is 14.3 Å². The Bertz CT molecular complexity index is 1480. The van der Waals surface area contributed by atoms with Gasteiger partial charge in [-0.25, -0.2) is 18.9 Å². The number of hydrogen-bond donors (Lipinski definition) is 1. The number of carbonyl (C=O) groups is 1. The Balaban J connectivity index is 1.51. The summed E-state index contributed by atoms with van der Waals surface area (Å²) in [4.78, 5) is 16.7. The molecule has 0 amide bonds. The number of benzene rings is 3. The van der Waals surface area contributed by atoms with Crippen molar-refractivity contribution in [2.24, 2.45) is 0 Å². The van der Waals surface area contributed by atoms with Crippen LogP contribution in [0.4, 0.5) is 4.39 Å². The lowest BCUT2D eigenvalue weighted by molar-refractivity contribution is 0.0699. The van der Waals surface area contributed by atoms with E-state index >= 15 is 0 Å². The maximum Gasteiger partial charge on any atom is 0.336 e. The van der Waals surface area contributed by atoms with E-state index in [0.29, 0.717) is 40.3 Å². The summed E-state index contributed by atoms with van der Waals surface area (Å²) < 4.78 is 20.9. The quantitative estimate of drug-likeness (QED) is 0.337. The lowest BCUT2D eigenvalue weighted by Gasteiger charge is -2.09. The molecule has 3 aromatic carbocycles. The van der Waals surface area contributed by atoms with E-state index in [1.54, 1.807) is 23.7 Å². The summed E-state index contributed by atoms with van der Waals surface area (Å²) in [7, 11) is 0. The largest absolute Gasteiger partial charge is 0.478 e. The van der Waals surface area contributed by atoms with Gasteiger partial charge >= 0.3 is 5.97 Å². The monoisotopic (exact) mass is 453 g/mol. The maximum absolute atomic E-state index is 13.4. The van der Waals surface area contributed by atoms with Crippen molar-refractivity contribution in [2.75, 3.05) is 0 Å². The van der Waals surface area contributed by atoms with Gasteiger partial charge in [-0.1, -0.05) is 30.3 Å². The van der Waals surface area contributed by atoms with Gasteiger partial charge in [0.15, 0.2) is 5.65 Å². The van der Waals surface area contributed by atoms with Crippen LogP contribution in [0.5, 0.6) is 11.5 Å². The van der Waals surface area contributed by atoms with Crippen LogP contribution < -0.4 is 4.74 Å². The second-order valence-electron chi connectivity index (χ2n) is 7.87. The van der Waals surface area contributed by atoms with Crippen molar-refractivity contribution < 1.29 is 19.0 Å². The Labute approximate surface area is 194 Å². The van der Waals surface area contributed by atoms with Gasteiger partial charge in [0.25, 0.3) is 0 Å². The van der Waals surface area contributed by atoms with E-state index in [1.807, 2.05) is 54.6 Å². The summed E-state index contributed by atoms with van der Waals surface area (Å²) in [5, 5.41) is 14.9. The number of rotatable bonds is 6. The average molecular weight is 453 g/mol. The molecule has 1 N–H and O–H groups in total. The molecule has 2 aromatic heterocycles. The van der Waals surface area contributed by atoms with Gasteiger partial charge in [-0.05, 0) is 67.1 Å². The highest BCUT2D eigenvalue weighted by Gasteiger charge is 2.20. The second kappa shape index (κ2) is 8.78. The van der Waals surface area contributed by atoms with E-state index in [4.69, 9.17) is 9.72 Å². The van der Waals surface area contributed by atoms with E-state index in [0.717, 1.165) is 11.3 Å². The molecular weight excluding hydrogens is 433 g/mol. The zero-order valence-corrected chi connectivity index (χ0v) is 18.3. The van der Waals surface area contributed by atoms with Crippen molar-refractivity contribution in [1.29, 1.82) is 0 Å². The first-order valence-electron chi connectivity index (χ1n) is 10.7. The molecule has 0 aliphatic rings. The van der Waals surface area contributed by atoms with Crippen molar-refractivity contribution in [3.8, 4) is 22.8 Å². The first kappa shape index (κ1) is 21.3. The number of halogens is 1. The molecule has 6 nitrogen and oxygen atoms in total. The van der Waals surface area contributed by atoms with Gasteiger partial charge in [0.2, 0.25) is 0 Å². The Morgan fingerprint density at radius 3 is 2.32 bits per heavy atom. The zero-order valence-electron chi connectivity index (χ0n) is 18.3. The van der Waals surface area contributed by atoms with Crippen molar-refractivity contribution in [3.05, 3.63) is 108 Å². The minimum atomic E-state index is -1.07. The molecule has 0 saturated carbocycles. The molecule has 0 saturated heterocycles. The highest BCUT2D eigenvalue weighted by molar-refractivity contribution is 6.04. The summed E-state index contributed by atoms with van der Waals surface area (Å²) in [6.45, 7) is 2.16. The minimum absolute atomic E-state index is 0.111. The molecule has 0 aliphatic heterocycles. The number of hydrogen-bond acceptors (Lipinski definition) is 4. The summed E-state index contributed by atoms with van der Waals surface area (Å²) >= 11 is 0. The molecule has 168 valence electrons. The lowest BCUT2D eigenvalue weighted by atomic mass is 10.1. The first-order chi connectivity index (χ1) is 16.5. The van der Waals surface area contributed by atoms with Crippen LogP contribution in [0.15, 0.2) is 84.9 Å². The fourth-order valence-corrected chi connectivity index (χ4v) is 3.86. The summed E-state index contributed by atoms with van der Waals surface area (Å²) in [6, 6.07) is 24.4. The standard InChI is InChI=1S/C27H20FN3O3/c1-17-25-23(27(32)33)15-24(19-9-11-20(28)12-10-19)29-26(25)31(30-17)16-18-7-13-22(14-8-18)34-21-5-3-2-4-6-21/h2-15H,16H2,1H3,(H,32,33). The molecule has 0 bridgehead atoms. The lowest BCUT2D eigenvalue weighted by Crippen LogP contribution is -2.05. The van der Waals surface area contributed by atoms with Crippen LogP contribution in [0.3, 0.4) is 0 Å². The third-order valence-electron chi connectivity index (χ3n) is 5.48. The molecule has 0 spiro atoms. The number of pyridine rings is 1. The van der Waals surface area contributed by atoms with Crippen LogP contribution in [-0.4, -0.2) is 25.8 Å². The number of ether oxygens (including phenoxy) is 1. The molecular formula is C27H20FN3O3. The predicted octanol–water partition coefficient (Wildman–Crippen LogP) is 6.08. The van der Waals surface area contributed by atoms with Crippen LogP contribution in [-0.2, 0) is 6.54 Å². The Morgan fingerprint density at radius 2 is 1.65 bits per heavy atom. The number of carboxylic acids is 1. The Morgan fingerprint density at radius 1 is 0.971 bits per heavy atom. The zero-order chi connectivity index (χ0) is 23.7. The summed E-state index contributed by atoms with van der Waals surface area (Å²) in [5.74, 6) is 0.0219. The van der Waals surface area contributed by atoms with Crippen molar-refractivity contribution >= 4 is 17.0 Å². The molecule has 5 aromatic rings. The number of aryl methyl sites for hydroxylation is 1. The predicted molar refractivity (Wildman–Crippen MR) is 127 cm³/mol. The second-order valence-corrected chi connectivity index (χ2v) is 7.87. The highest BCUT2D eigenvalue weighted by atomic mass is 19.1. The molecule has 0 atom stereocenters. The number of aromatic nitrogens is 3. The number of nitrogens with zero attached hydrogens (tertiary/aromatic N) is 3. The van der Waals surface area contributed by atoms with Gasteiger partial charge < -0.3 is 9.84 Å². The van der Waals surface area contributed by atoms with Crippen LogP contribution in [0.25, 0.3) is 22.3 Å². The van der Waals surface area contributed by atoms with Crippen molar-refractivity contribution in [3.63, 3.8) is 0 Å². The van der Waals surface area contributed by atoms with E-state index in [-0.39, 0.29) is 11.4 Å². The molecule has 0 fully saturated rings. The van der Waals surface area contributed by atoms with Gasteiger partial charge in [0.05, 0.1) is 28.9 Å². The van der Waals surface area contributed by atoms with E-state index in [1.165, 1.54) is 18.2 Å². The van der Waals surface area contributed by atoms with Crippen LogP contribution in [0.2, 0.25) is 0 Å². The van der Waals surface area contributed by atoms with Gasteiger partial charge in [0.1, 0.15) is 17.3 Å². The summed E-state index contributed by atoms with van der Waals surface area (Å²) in [6.07, 6.45) is 0. The van der Waals surface area contributed by atoms with E-state index in [2.05, 4.69) is 5.10 Å². The molecule has 0 unspecified atom stereocenters. The highest BCUT2D eigenvalue weighted by Crippen LogP contribution is 2.28. The number of carboxylic acid groups (broad SMARTS) is 1. The fraction of sp³-hybridized carbons (Fsp3) is 0.0741. The maximum atomic E-state index is 13.4. The van der Waals surface area contributed by atoms with Crippen LogP contribution >= 0.6 is 0 Å². The summed E-state index contributed by atoms with van der Waals surface area (Å²) in [5.41, 5.74) is 3.17. The molecule has 5 rings (SSSR count). The molecule has 7 heteroatoms. The van der Waals surface area contributed by atoms with E-state index < -0.39 is 5.97 Å². The normalized spacial score (nSPS) is 11.0. The fourth-order valence-electron chi connectivity index (χ4n) is 3.86. The van der Waals surface area contributed by atoms with Crippen LogP contribution in [0, 0.1) is 12.7 Å². The SMILES string of the molecule is Cc1nn(Cc2ccc(Oc3ccccc3)cc2)c2nc(-c3ccc(F)cc3)cc(C(=O)O)c12. The topological polar surface area (TPSA) is 77.2 Å². The number of aromatic carboxylic acids is 1. The van der Waals surface area contributed by atoms with Crippen LogP contribution in [0.1, 0.15) is 21.6 Å². The third kappa shape index (κ3) is 4.23. The van der Waals surface area contributed by atoms with Gasteiger partial charge in [-0.3, -0.25) is 0 Å². The Hall–Kier alpha value is -4.52. The molecule has 0 radical (unpaired) electrons. The smallest absolute Gasteiger partial charge is 0.336 e. The number of para-hydroxylation sites is 1. The Kier molecular flexibility index (Phi) is 5.51. The van der Waals surface area contributed by atoms with Crippen molar-refractivity contribution in [2.45, 2.75) is 13.5 Å². The third-order valence-corrected chi connectivity index (χ3v) is 5.48. The number of fused-ring (bicyclic) bond motifs is 1. The molecule has 34 heavy (non-hydrogen) atoms. The van der Waals surface area contributed by atoms with Gasteiger partial charge in [0, 0.05) is 5.56 Å². The van der Waals surface area contributed by atoms with Gasteiger partial charge in [-0.15, -0.1) is 0 Å².